The van der Waals surface area contributed by atoms with E-state index < -0.39 is 30.6 Å². The molecule has 1 atom stereocenters. The van der Waals surface area contributed by atoms with Crippen LogP contribution in [0.5, 0.6) is 0 Å². The first-order chi connectivity index (χ1) is 8.40. The van der Waals surface area contributed by atoms with E-state index in [0.717, 1.165) is 0 Å². The van der Waals surface area contributed by atoms with Gasteiger partial charge in [-0.15, -0.1) is 12.4 Å². The SMILES string of the molecule is Cl.O=C1N[C@H](c2ccc(C(=O)O)cc2)C(F)(F)CO1. The Kier molecular flexibility index (Phi) is 4.31. The topological polar surface area (TPSA) is 75.6 Å². The summed E-state index contributed by atoms with van der Waals surface area (Å²) in [7, 11) is 0. The molecule has 1 aliphatic heterocycles. The molecular formula is C11H10ClF2NO4. The fourth-order valence-electron chi connectivity index (χ4n) is 1.66. The fourth-order valence-corrected chi connectivity index (χ4v) is 1.66. The van der Waals surface area contributed by atoms with Crippen LogP contribution in [0.15, 0.2) is 24.3 Å². The number of hydrogen-bond donors (Lipinski definition) is 2. The molecule has 0 bridgehead atoms. The summed E-state index contributed by atoms with van der Waals surface area (Å²) < 4.78 is 31.3. The molecule has 1 aromatic carbocycles. The largest absolute Gasteiger partial charge is 0.478 e. The van der Waals surface area contributed by atoms with Crippen LogP contribution in [0.4, 0.5) is 13.6 Å². The van der Waals surface area contributed by atoms with Gasteiger partial charge in [0.1, 0.15) is 6.04 Å². The van der Waals surface area contributed by atoms with Gasteiger partial charge in [-0.1, -0.05) is 12.1 Å². The van der Waals surface area contributed by atoms with Gasteiger partial charge in [0.25, 0.3) is 0 Å². The van der Waals surface area contributed by atoms with Gasteiger partial charge in [-0.3, -0.25) is 0 Å². The third kappa shape index (κ3) is 3.11. The van der Waals surface area contributed by atoms with Crippen molar-refractivity contribution in [1.29, 1.82) is 0 Å². The van der Waals surface area contributed by atoms with E-state index in [1.165, 1.54) is 24.3 Å². The van der Waals surface area contributed by atoms with E-state index in [0.29, 0.717) is 0 Å². The van der Waals surface area contributed by atoms with Crippen molar-refractivity contribution < 1.29 is 28.2 Å². The number of ether oxygens (including phenoxy) is 1. The van der Waals surface area contributed by atoms with Crippen molar-refractivity contribution in [2.45, 2.75) is 12.0 Å². The predicted molar refractivity (Wildman–Crippen MR) is 62.8 cm³/mol. The van der Waals surface area contributed by atoms with E-state index in [4.69, 9.17) is 5.11 Å². The monoisotopic (exact) mass is 293 g/mol. The summed E-state index contributed by atoms with van der Waals surface area (Å²) >= 11 is 0. The molecule has 1 fully saturated rings. The second kappa shape index (κ2) is 5.40. The number of alkyl halides is 2. The van der Waals surface area contributed by atoms with Crippen molar-refractivity contribution in [2.24, 2.45) is 0 Å². The lowest BCUT2D eigenvalue weighted by atomic mass is 9.99. The number of carboxylic acids is 1. The van der Waals surface area contributed by atoms with Crippen LogP contribution < -0.4 is 5.32 Å². The molecule has 1 aliphatic rings. The Morgan fingerprint density at radius 1 is 1.37 bits per heavy atom. The van der Waals surface area contributed by atoms with E-state index in [-0.39, 0.29) is 23.5 Å². The van der Waals surface area contributed by atoms with E-state index in [1.807, 2.05) is 5.32 Å². The highest BCUT2D eigenvalue weighted by atomic mass is 35.5. The minimum Gasteiger partial charge on any atom is -0.478 e. The van der Waals surface area contributed by atoms with Crippen LogP contribution >= 0.6 is 12.4 Å². The number of rotatable bonds is 2. The average Bonchev–Trinajstić information content (AvgIpc) is 2.32. The highest BCUT2D eigenvalue weighted by Crippen LogP contribution is 2.34. The number of nitrogens with one attached hydrogen (secondary N) is 1. The first-order valence-electron chi connectivity index (χ1n) is 5.04. The van der Waals surface area contributed by atoms with E-state index >= 15 is 0 Å². The van der Waals surface area contributed by atoms with Crippen LogP contribution in [0.1, 0.15) is 22.0 Å². The van der Waals surface area contributed by atoms with Crippen molar-refractivity contribution >= 4 is 24.5 Å². The zero-order valence-corrected chi connectivity index (χ0v) is 10.2. The lowest BCUT2D eigenvalue weighted by Gasteiger charge is -2.31. The summed E-state index contributed by atoms with van der Waals surface area (Å²) in [5, 5.41) is 10.7. The standard InChI is InChI=1S/C11H9F2NO4.ClH/c12-11(13)5-18-10(17)14-8(11)6-1-3-7(4-2-6)9(15)16;/h1-4,8H,5H2,(H,14,17)(H,15,16);1H/t8-;/m1./s1. The molecule has 1 saturated heterocycles. The number of benzene rings is 1. The highest BCUT2D eigenvalue weighted by Gasteiger charge is 2.46. The molecule has 5 nitrogen and oxygen atoms in total. The summed E-state index contributed by atoms with van der Waals surface area (Å²) in [6, 6.07) is 3.38. The van der Waals surface area contributed by atoms with Gasteiger partial charge in [0.2, 0.25) is 0 Å². The number of carbonyl (C=O) groups excluding carboxylic acids is 1. The van der Waals surface area contributed by atoms with Gasteiger partial charge in [0, 0.05) is 0 Å². The van der Waals surface area contributed by atoms with Gasteiger partial charge < -0.3 is 15.2 Å². The average molecular weight is 294 g/mol. The van der Waals surface area contributed by atoms with Crippen LogP contribution in [0.2, 0.25) is 0 Å². The van der Waals surface area contributed by atoms with Gasteiger partial charge in [-0.05, 0) is 17.7 Å². The van der Waals surface area contributed by atoms with E-state index in [9.17, 15) is 18.4 Å². The lowest BCUT2D eigenvalue weighted by molar-refractivity contribution is -0.104. The summed E-state index contributed by atoms with van der Waals surface area (Å²) in [5.41, 5.74) is 0.113. The Hall–Kier alpha value is -1.89. The normalized spacial score (nSPS) is 20.7. The zero-order valence-electron chi connectivity index (χ0n) is 9.43. The third-order valence-corrected chi connectivity index (χ3v) is 2.57. The molecule has 0 aromatic heterocycles. The maximum absolute atomic E-state index is 13.5. The minimum atomic E-state index is -3.24. The molecule has 0 spiro atoms. The smallest absolute Gasteiger partial charge is 0.408 e. The Morgan fingerprint density at radius 2 is 1.95 bits per heavy atom. The van der Waals surface area contributed by atoms with Gasteiger partial charge in [0.05, 0.1) is 5.56 Å². The second-order valence-electron chi connectivity index (χ2n) is 3.84. The number of hydrogen-bond acceptors (Lipinski definition) is 3. The molecule has 104 valence electrons. The van der Waals surface area contributed by atoms with E-state index in [1.54, 1.807) is 0 Å². The number of amides is 1. The Morgan fingerprint density at radius 3 is 2.47 bits per heavy atom. The molecule has 2 N–H and O–H groups in total. The quantitative estimate of drug-likeness (QED) is 0.876. The first-order valence-corrected chi connectivity index (χ1v) is 5.04. The fraction of sp³-hybridized carbons (Fsp3) is 0.273. The molecule has 2 rings (SSSR count). The predicted octanol–water partition coefficient (Wildman–Crippen LogP) is 2.22. The van der Waals surface area contributed by atoms with Gasteiger partial charge >= 0.3 is 18.0 Å². The summed E-state index contributed by atoms with van der Waals surface area (Å²) in [4.78, 5) is 21.6. The lowest BCUT2D eigenvalue weighted by Crippen LogP contribution is -2.49. The van der Waals surface area contributed by atoms with Gasteiger partial charge in [-0.25, -0.2) is 18.4 Å². The maximum Gasteiger partial charge on any atom is 0.408 e. The van der Waals surface area contributed by atoms with E-state index in [2.05, 4.69) is 4.74 Å². The number of halogens is 3. The molecule has 0 unspecified atom stereocenters. The summed E-state index contributed by atoms with van der Waals surface area (Å²) in [5.74, 6) is -4.39. The molecule has 0 aliphatic carbocycles. The number of aromatic carboxylic acids is 1. The van der Waals surface area contributed by atoms with Crippen molar-refractivity contribution in [2.75, 3.05) is 6.61 Å². The van der Waals surface area contributed by atoms with Crippen LogP contribution in [-0.4, -0.2) is 29.7 Å². The molecule has 0 saturated carbocycles. The Labute approximate surface area is 113 Å². The molecule has 1 heterocycles. The second-order valence-corrected chi connectivity index (χ2v) is 3.84. The van der Waals surface area contributed by atoms with Crippen molar-refractivity contribution in [3.8, 4) is 0 Å². The molecule has 1 aromatic rings. The van der Waals surface area contributed by atoms with Gasteiger partial charge in [-0.2, -0.15) is 0 Å². The molecule has 0 radical (unpaired) electrons. The molecule has 19 heavy (non-hydrogen) atoms. The van der Waals surface area contributed by atoms with Gasteiger partial charge in [0.15, 0.2) is 6.61 Å². The Balaban J connectivity index is 0.00000180. The first kappa shape index (κ1) is 15.2. The van der Waals surface area contributed by atoms with Crippen LogP contribution in [0, 0.1) is 0 Å². The molecule has 8 heteroatoms. The van der Waals surface area contributed by atoms with Crippen LogP contribution in [0.3, 0.4) is 0 Å². The number of carboxylic acid groups (broad SMARTS) is 1. The number of alkyl carbamates (subject to hydrolysis) is 1. The molecule has 1 amide bonds. The van der Waals surface area contributed by atoms with Crippen LogP contribution in [-0.2, 0) is 4.74 Å². The third-order valence-electron chi connectivity index (χ3n) is 2.57. The minimum absolute atomic E-state index is 0. The maximum atomic E-state index is 13.5. The summed E-state index contributed by atoms with van der Waals surface area (Å²) in [6.07, 6.45) is -0.923. The number of carbonyl (C=O) groups is 2. The Bertz CT molecular complexity index is 492. The highest BCUT2D eigenvalue weighted by molar-refractivity contribution is 5.87. The molecular weight excluding hydrogens is 284 g/mol. The number of cyclic esters (lactones) is 1. The van der Waals surface area contributed by atoms with Crippen molar-refractivity contribution in [3.05, 3.63) is 35.4 Å². The van der Waals surface area contributed by atoms with Crippen LogP contribution in [0.25, 0.3) is 0 Å². The van der Waals surface area contributed by atoms with Crippen molar-refractivity contribution in [1.82, 2.24) is 5.32 Å². The summed E-state index contributed by atoms with van der Waals surface area (Å²) in [6.45, 7) is -0.996. The van der Waals surface area contributed by atoms with Crippen molar-refractivity contribution in [3.63, 3.8) is 0 Å². The zero-order chi connectivity index (χ0) is 13.3.